The van der Waals surface area contributed by atoms with Gasteiger partial charge in [-0.15, -0.1) is 12.4 Å². The molecule has 0 saturated carbocycles. The molecule has 0 aromatic carbocycles. The van der Waals surface area contributed by atoms with Crippen molar-refractivity contribution in [1.82, 2.24) is 4.90 Å². The molecule has 16 heavy (non-hydrogen) atoms. The van der Waals surface area contributed by atoms with Gasteiger partial charge in [-0.2, -0.15) is 8.42 Å². The van der Waals surface area contributed by atoms with Gasteiger partial charge < -0.3 is 9.64 Å². The first-order chi connectivity index (χ1) is 6.59. The number of hydrogen-bond acceptors (Lipinski definition) is 4. The molecule has 0 atom stereocenters. The lowest BCUT2D eigenvalue weighted by Crippen LogP contribution is -2.57. The topological polar surface area (TPSA) is 83.9 Å². The molecule has 1 aliphatic heterocycles. The maximum atomic E-state index is 11.3. The molecule has 0 spiro atoms. The molecule has 0 radical (unpaired) electrons. The van der Waals surface area contributed by atoms with Crippen LogP contribution in [0, 0.1) is 0 Å². The van der Waals surface area contributed by atoms with E-state index < -0.39 is 27.1 Å². The van der Waals surface area contributed by atoms with Gasteiger partial charge in [0, 0.05) is 13.1 Å². The second kappa shape index (κ2) is 4.77. The molecule has 0 bridgehead atoms. The fourth-order valence-electron chi connectivity index (χ4n) is 1.10. The van der Waals surface area contributed by atoms with Crippen molar-refractivity contribution in [2.24, 2.45) is 0 Å². The van der Waals surface area contributed by atoms with E-state index in [1.165, 1.54) is 4.90 Å². The first-order valence-corrected chi connectivity index (χ1v) is 6.04. The van der Waals surface area contributed by atoms with Crippen molar-refractivity contribution in [3.8, 4) is 0 Å². The van der Waals surface area contributed by atoms with Gasteiger partial charge in [-0.3, -0.25) is 4.55 Å². The zero-order valence-corrected chi connectivity index (χ0v) is 11.0. The molecule has 0 aromatic heterocycles. The van der Waals surface area contributed by atoms with Gasteiger partial charge in [-0.25, -0.2) is 4.79 Å². The summed E-state index contributed by atoms with van der Waals surface area (Å²) in [5.74, 6) is 0. The van der Waals surface area contributed by atoms with Crippen LogP contribution in [-0.4, -0.2) is 47.9 Å². The van der Waals surface area contributed by atoms with Gasteiger partial charge >= 0.3 is 6.09 Å². The van der Waals surface area contributed by atoms with Crippen molar-refractivity contribution >= 4 is 28.6 Å². The maximum Gasteiger partial charge on any atom is 0.410 e. The van der Waals surface area contributed by atoms with Gasteiger partial charge in [0.1, 0.15) is 10.9 Å². The van der Waals surface area contributed by atoms with Crippen LogP contribution < -0.4 is 0 Å². The van der Waals surface area contributed by atoms with E-state index in [0.717, 1.165) is 0 Å². The number of carbonyl (C=O) groups excluding carboxylic acids is 1. The third-order valence-electron chi connectivity index (χ3n) is 1.92. The standard InChI is InChI=1S/C8H15NO5S.ClH/c1-8(2,3)14-7(10)9-4-6(5-9)15(11,12)13;/h6H,4-5H2,1-3H3,(H,11,12,13);1H. The molecule has 8 heteroatoms. The highest BCUT2D eigenvalue weighted by Crippen LogP contribution is 2.18. The Bertz CT molecular complexity index is 355. The van der Waals surface area contributed by atoms with Crippen molar-refractivity contribution < 1.29 is 22.5 Å². The van der Waals surface area contributed by atoms with Gasteiger partial charge in [0.15, 0.2) is 0 Å². The zero-order chi connectivity index (χ0) is 11.9. The number of carbonyl (C=O) groups is 1. The van der Waals surface area contributed by atoms with Crippen molar-refractivity contribution in [3.63, 3.8) is 0 Å². The van der Waals surface area contributed by atoms with E-state index >= 15 is 0 Å². The van der Waals surface area contributed by atoms with Crippen LogP contribution in [0.3, 0.4) is 0 Å². The minimum absolute atomic E-state index is 0. The predicted molar refractivity (Wildman–Crippen MR) is 60.4 cm³/mol. The van der Waals surface area contributed by atoms with E-state index in [4.69, 9.17) is 9.29 Å². The second-order valence-corrected chi connectivity index (χ2v) is 6.22. The normalized spacial score (nSPS) is 17.4. The second-order valence-electron chi connectivity index (χ2n) is 4.52. The first kappa shape index (κ1) is 15.5. The van der Waals surface area contributed by atoms with Crippen molar-refractivity contribution in [1.29, 1.82) is 0 Å². The van der Waals surface area contributed by atoms with Crippen molar-refractivity contribution in [2.75, 3.05) is 13.1 Å². The summed E-state index contributed by atoms with van der Waals surface area (Å²) >= 11 is 0. The van der Waals surface area contributed by atoms with Crippen molar-refractivity contribution in [2.45, 2.75) is 31.6 Å². The van der Waals surface area contributed by atoms with Crippen LogP contribution in [0.5, 0.6) is 0 Å². The van der Waals surface area contributed by atoms with E-state index in [2.05, 4.69) is 0 Å². The average molecular weight is 274 g/mol. The smallest absolute Gasteiger partial charge is 0.410 e. The highest BCUT2D eigenvalue weighted by molar-refractivity contribution is 7.86. The summed E-state index contributed by atoms with van der Waals surface area (Å²) in [7, 11) is -4.03. The van der Waals surface area contributed by atoms with Gasteiger partial charge in [-0.1, -0.05) is 0 Å². The molecule has 0 unspecified atom stereocenters. The monoisotopic (exact) mass is 273 g/mol. The molecular weight excluding hydrogens is 258 g/mol. The number of ether oxygens (including phenoxy) is 1. The third kappa shape index (κ3) is 4.15. The molecule has 1 fully saturated rings. The summed E-state index contributed by atoms with van der Waals surface area (Å²) < 4.78 is 35.0. The van der Waals surface area contributed by atoms with Crippen LogP contribution in [0.15, 0.2) is 0 Å². The number of likely N-dealkylation sites (tertiary alicyclic amines) is 1. The summed E-state index contributed by atoms with van der Waals surface area (Å²) in [6, 6.07) is 0. The highest BCUT2D eigenvalue weighted by atomic mass is 35.5. The molecule has 0 aliphatic carbocycles. The molecule has 96 valence electrons. The van der Waals surface area contributed by atoms with Crippen LogP contribution in [0.25, 0.3) is 0 Å². The number of nitrogens with zero attached hydrogens (tertiary/aromatic N) is 1. The van der Waals surface area contributed by atoms with Gasteiger partial charge in [0.2, 0.25) is 0 Å². The predicted octanol–water partition coefficient (Wildman–Crippen LogP) is 0.915. The van der Waals surface area contributed by atoms with Crippen LogP contribution in [0.2, 0.25) is 0 Å². The summed E-state index contributed by atoms with van der Waals surface area (Å²) in [5, 5.41) is -0.870. The molecule has 1 amide bonds. The maximum absolute atomic E-state index is 11.3. The fraction of sp³-hybridized carbons (Fsp3) is 0.875. The third-order valence-corrected chi connectivity index (χ3v) is 3.06. The molecule has 0 aromatic rings. The van der Waals surface area contributed by atoms with Crippen LogP contribution in [0.1, 0.15) is 20.8 Å². The molecule has 1 heterocycles. The minimum atomic E-state index is -4.03. The number of hydrogen-bond donors (Lipinski definition) is 1. The summed E-state index contributed by atoms with van der Waals surface area (Å²) in [6.07, 6.45) is -0.553. The molecule has 1 rings (SSSR count). The lowest BCUT2D eigenvalue weighted by Gasteiger charge is -2.37. The summed E-state index contributed by atoms with van der Waals surface area (Å²) in [5.41, 5.74) is -0.597. The van der Waals surface area contributed by atoms with Crippen LogP contribution >= 0.6 is 12.4 Å². The van der Waals surface area contributed by atoms with Crippen LogP contribution in [-0.2, 0) is 14.9 Å². The Labute approximate surface area is 101 Å². The Hall–Kier alpha value is -0.530. The molecular formula is C8H16ClNO5S. The average Bonchev–Trinajstić information content (AvgIpc) is 1.72. The van der Waals surface area contributed by atoms with E-state index in [1.54, 1.807) is 20.8 Å². The largest absolute Gasteiger partial charge is 0.444 e. The molecule has 6 nitrogen and oxygen atoms in total. The van der Waals surface area contributed by atoms with Gasteiger partial charge in [0.05, 0.1) is 0 Å². The minimum Gasteiger partial charge on any atom is -0.444 e. The number of rotatable bonds is 1. The summed E-state index contributed by atoms with van der Waals surface area (Å²) in [4.78, 5) is 12.6. The first-order valence-electron chi connectivity index (χ1n) is 4.54. The van der Waals surface area contributed by atoms with Gasteiger partial charge in [-0.05, 0) is 20.8 Å². The number of halogens is 1. The Kier molecular flexibility index (Phi) is 4.61. The lowest BCUT2D eigenvalue weighted by atomic mass is 10.2. The fourth-order valence-corrected chi connectivity index (χ4v) is 1.84. The zero-order valence-electron chi connectivity index (χ0n) is 9.34. The Balaban J connectivity index is 0.00000225. The molecule has 1 N–H and O–H groups in total. The lowest BCUT2D eigenvalue weighted by molar-refractivity contribution is 0.0135. The Morgan fingerprint density at radius 1 is 1.38 bits per heavy atom. The Morgan fingerprint density at radius 3 is 2.12 bits per heavy atom. The molecule has 1 saturated heterocycles. The number of amides is 1. The van der Waals surface area contributed by atoms with E-state index in [0.29, 0.717) is 0 Å². The van der Waals surface area contributed by atoms with Gasteiger partial charge in [0.25, 0.3) is 10.1 Å². The quantitative estimate of drug-likeness (QED) is 0.718. The van der Waals surface area contributed by atoms with Crippen molar-refractivity contribution in [3.05, 3.63) is 0 Å². The van der Waals surface area contributed by atoms with E-state index in [-0.39, 0.29) is 25.5 Å². The molecule has 1 aliphatic rings. The highest BCUT2D eigenvalue weighted by Gasteiger charge is 2.40. The Morgan fingerprint density at radius 2 is 1.81 bits per heavy atom. The summed E-state index contributed by atoms with van der Waals surface area (Å²) in [6.45, 7) is 5.17. The SMILES string of the molecule is CC(C)(C)OC(=O)N1CC(S(=O)(=O)O)C1.Cl. The van der Waals surface area contributed by atoms with E-state index in [9.17, 15) is 13.2 Å². The van der Waals surface area contributed by atoms with Crippen LogP contribution in [0.4, 0.5) is 4.79 Å². The van der Waals surface area contributed by atoms with E-state index in [1.807, 2.05) is 0 Å².